The molecule has 2 rings (SSSR count). The molecule has 4 nitrogen and oxygen atoms in total. The van der Waals surface area contributed by atoms with E-state index in [2.05, 4.69) is 18.8 Å². The molecule has 4 heteroatoms. The molecule has 1 saturated heterocycles. The van der Waals surface area contributed by atoms with Gasteiger partial charge in [0.05, 0.1) is 6.10 Å². The Bertz CT molecular complexity index is 264. The molecule has 0 bridgehead atoms. The van der Waals surface area contributed by atoms with Crippen molar-refractivity contribution in [3.8, 4) is 0 Å². The minimum absolute atomic E-state index is 0.0231. The van der Waals surface area contributed by atoms with E-state index in [0.29, 0.717) is 11.8 Å². The minimum Gasteiger partial charge on any atom is -0.424 e. The minimum atomic E-state index is -0.899. The molecule has 1 fully saturated rings. The second kappa shape index (κ2) is 3.21. The highest BCUT2D eigenvalue weighted by molar-refractivity contribution is 5.75. The van der Waals surface area contributed by atoms with Crippen LogP contribution in [0.1, 0.15) is 27.2 Å². The van der Waals surface area contributed by atoms with Crippen LogP contribution in [0, 0.1) is 5.92 Å². The van der Waals surface area contributed by atoms with Crippen LogP contribution >= 0.6 is 0 Å². The van der Waals surface area contributed by atoms with Gasteiger partial charge in [0.1, 0.15) is 0 Å². The van der Waals surface area contributed by atoms with Crippen molar-refractivity contribution in [3.05, 3.63) is 0 Å². The molecule has 3 atom stereocenters. The number of rotatable bonds is 3. The van der Waals surface area contributed by atoms with Crippen LogP contribution in [0.4, 0.5) is 0 Å². The SMILES string of the molecule is CO[C@@]12OC(C)=NC1[C@H](CC(C)C)O2. The molecular formula is C10H17NO3. The maximum Gasteiger partial charge on any atom is 0.354 e. The number of nitrogens with zero attached hydrogens (tertiary/aromatic N) is 1. The number of hydrogen-bond acceptors (Lipinski definition) is 4. The van der Waals surface area contributed by atoms with Gasteiger partial charge in [-0.2, -0.15) is 0 Å². The molecular weight excluding hydrogens is 182 g/mol. The molecule has 0 aliphatic carbocycles. The van der Waals surface area contributed by atoms with E-state index in [1.807, 2.05) is 6.92 Å². The number of ether oxygens (including phenoxy) is 3. The first kappa shape index (κ1) is 9.93. The fraction of sp³-hybridized carbons (Fsp3) is 0.900. The van der Waals surface area contributed by atoms with Crippen molar-refractivity contribution in [2.24, 2.45) is 10.9 Å². The average molecular weight is 199 g/mol. The summed E-state index contributed by atoms with van der Waals surface area (Å²) < 4.78 is 16.3. The van der Waals surface area contributed by atoms with Gasteiger partial charge in [-0.05, 0) is 12.3 Å². The molecule has 0 amide bonds. The van der Waals surface area contributed by atoms with Gasteiger partial charge in [-0.15, -0.1) is 0 Å². The van der Waals surface area contributed by atoms with E-state index >= 15 is 0 Å². The van der Waals surface area contributed by atoms with Crippen molar-refractivity contribution in [1.29, 1.82) is 0 Å². The smallest absolute Gasteiger partial charge is 0.354 e. The molecule has 0 N–H and O–H groups in total. The van der Waals surface area contributed by atoms with Crippen LogP contribution in [0.15, 0.2) is 4.99 Å². The number of aliphatic imine (C=N–C) groups is 1. The molecule has 2 aliphatic heterocycles. The van der Waals surface area contributed by atoms with Gasteiger partial charge >= 0.3 is 5.97 Å². The fourth-order valence-corrected chi connectivity index (χ4v) is 2.03. The van der Waals surface area contributed by atoms with Crippen molar-refractivity contribution >= 4 is 5.90 Å². The molecule has 1 unspecified atom stereocenters. The highest BCUT2D eigenvalue weighted by atomic mass is 16.9. The molecule has 0 aromatic carbocycles. The quantitative estimate of drug-likeness (QED) is 0.692. The molecule has 0 aromatic rings. The first-order valence-electron chi connectivity index (χ1n) is 5.04. The van der Waals surface area contributed by atoms with Crippen molar-refractivity contribution in [3.63, 3.8) is 0 Å². The Morgan fingerprint density at radius 1 is 1.57 bits per heavy atom. The lowest BCUT2D eigenvalue weighted by Crippen LogP contribution is -2.63. The Hall–Kier alpha value is -0.610. The third kappa shape index (κ3) is 1.33. The fourth-order valence-electron chi connectivity index (χ4n) is 2.03. The van der Waals surface area contributed by atoms with Crippen molar-refractivity contribution in [1.82, 2.24) is 0 Å². The van der Waals surface area contributed by atoms with Crippen LogP contribution in [-0.2, 0) is 14.2 Å². The molecule has 2 heterocycles. The van der Waals surface area contributed by atoms with Gasteiger partial charge in [-0.3, -0.25) is 0 Å². The highest BCUT2D eigenvalue weighted by Gasteiger charge is 2.63. The third-order valence-corrected chi connectivity index (χ3v) is 2.63. The van der Waals surface area contributed by atoms with Gasteiger partial charge in [0.2, 0.25) is 0 Å². The zero-order valence-electron chi connectivity index (χ0n) is 9.11. The summed E-state index contributed by atoms with van der Waals surface area (Å²) in [5.74, 6) is 0.359. The van der Waals surface area contributed by atoms with Crippen LogP contribution in [0.2, 0.25) is 0 Å². The standard InChI is InChI=1S/C10H17NO3/c1-6(2)5-8-9-10(12-4,14-8)13-7(3)11-9/h6,8-9H,5H2,1-4H3/t8-,9?,10+/m0/s1. The summed E-state index contributed by atoms with van der Waals surface area (Å²) in [5.41, 5.74) is 0. The zero-order chi connectivity index (χ0) is 10.3. The number of hydrogen-bond donors (Lipinski definition) is 0. The molecule has 0 spiro atoms. The zero-order valence-corrected chi connectivity index (χ0v) is 9.11. The second-order valence-electron chi connectivity index (χ2n) is 4.29. The predicted molar refractivity (Wildman–Crippen MR) is 52.1 cm³/mol. The molecule has 2 aliphatic rings. The predicted octanol–water partition coefficient (Wildman–Crippen LogP) is 1.55. The van der Waals surface area contributed by atoms with Crippen LogP contribution in [0.5, 0.6) is 0 Å². The summed E-state index contributed by atoms with van der Waals surface area (Å²) in [7, 11) is 1.59. The molecule has 14 heavy (non-hydrogen) atoms. The van der Waals surface area contributed by atoms with Crippen LogP contribution in [-0.4, -0.2) is 31.1 Å². The lowest BCUT2D eigenvalue weighted by atomic mass is 9.94. The summed E-state index contributed by atoms with van der Waals surface area (Å²) in [6.07, 6.45) is 1.14. The van der Waals surface area contributed by atoms with E-state index in [1.54, 1.807) is 7.11 Å². The van der Waals surface area contributed by atoms with Gasteiger partial charge in [0.15, 0.2) is 11.9 Å². The second-order valence-corrected chi connectivity index (χ2v) is 4.29. The summed E-state index contributed by atoms with van der Waals surface area (Å²) in [5, 5.41) is 0. The van der Waals surface area contributed by atoms with Crippen LogP contribution in [0.3, 0.4) is 0 Å². The van der Waals surface area contributed by atoms with E-state index in [0.717, 1.165) is 6.42 Å². The van der Waals surface area contributed by atoms with E-state index in [4.69, 9.17) is 14.2 Å². The van der Waals surface area contributed by atoms with Gasteiger partial charge in [0.25, 0.3) is 0 Å². The van der Waals surface area contributed by atoms with Crippen molar-refractivity contribution in [2.45, 2.75) is 45.3 Å². The average Bonchev–Trinajstić information content (AvgIpc) is 2.35. The van der Waals surface area contributed by atoms with E-state index in [1.165, 1.54) is 0 Å². The van der Waals surface area contributed by atoms with Gasteiger partial charge in [0, 0.05) is 14.0 Å². The first-order valence-corrected chi connectivity index (χ1v) is 5.04. The maximum absolute atomic E-state index is 5.62. The van der Waals surface area contributed by atoms with E-state index in [-0.39, 0.29) is 12.1 Å². The number of fused-ring (bicyclic) bond motifs is 1. The lowest BCUT2D eigenvalue weighted by Gasteiger charge is -2.46. The Balaban J connectivity index is 2.03. The summed E-state index contributed by atoms with van der Waals surface area (Å²) in [6, 6.07) is 0.0231. The Labute approximate surface area is 84.2 Å². The Kier molecular flexibility index (Phi) is 2.27. The molecule has 0 saturated carbocycles. The van der Waals surface area contributed by atoms with Crippen LogP contribution in [0.25, 0.3) is 0 Å². The maximum atomic E-state index is 5.62. The number of methoxy groups -OCH3 is 1. The summed E-state index contributed by atoms with van der Waals surface area (Å²) >= 11 is 0. The van der Waals surface area contributed by atoms with Gasteiger partial charge < -0.3 is 14.2 Å². The van der Waals surface area contributed by atoms with Gasteiger partial charge in [-0.1, -0.05) is 13.8 Å². The molecule has 80 valence electrons. The first-order chi connectivity index (χ1) is 6.57. The summed E-state index contributed by atoms with van der Waals surface area (Å²) in [6.45, 7) is 6.17. The highest BCUT2D eigenvalue weighted by Crippen LogP contribution is 2.43. The molecule has 0 aromatic heterocycles. The topological polar surface area (TPSA) is 40.0 Å². The Morgan fingerprint density at radius 2 is 2.29 bits per heavy atom. The van der Waals surface area contributed by atoms with Gasteiger partial charge in [-0.25, -0.2) is 4.99 Å². The summed E-state index contributed by atoms with van der Waals surface area (Å²) in [4.78, 5) is 4.38. The van der Waals surface area contributed by atoms with Crippen molar-refractivity contribution < 1.29 is 14.2 Å². The Morgan fingerprint density at radius 3 is 2.86 bits per heavy atom. The monoisotopic (exact) mass is 199 g/mol. The molecule has 0 radical (unpaired) electrons. The van der Waals surface area contributed by atoms with E-state index < -0.39 is 5.97 Å². The van der Waals surface area contributed by atoms with Crippen molar-refractivity contribution in [2.75, 3.05) is 7.11 Å². The van der Waals surface area contributed by atoms with E-state index in [9.17, 15) is 0 Å². The lowest BCUT2D eigenvalue weighted by molar-refractivity contribution is -0.429. The third-order valence-electron chi connectivity index (χ3n) is 2.63. The normalized spacial score (nSPS) is 40.2. The van der Waals surface area contributed by atoms with Crippen LogP contribution < -0.4 is 0 Å². The largest absolute Gasteiger partial charge is 0.424 e.